The Bertz CT molecular complexity index is 2120. The quantitative estimate of drug-likeness (QED) is 0.204. The van der Waals surface area contributed by atoms with Crippen LogP contribution in [0, 0.1) is 13.8 Å². The van der Waals surface area contributed by atoms with Crippen LogP contribution in [0.2, 0.25) is 0 Å². The van der Waals surface area contributed by atoms with Crippen LogP contribution in [0.25, 0.3) is 76.1 Å². The minimum atomic E-state index is 1.27. The van der Waals surface area contributed by atoms with E-state index in [1.165, 1.54) is 87.2 Å². The van der Waals surface area contributed by atoms with Crippen LogP contribution in [0.15, 0.2) is 133 Å². The van der Waals surface area contributed by atoms with Gasteiger partial charge in [0.1, 0.15) is 0 Å². The van der Waals surface area contributed by atoms with Crippen molar-refractivity contribution in [2.24, 2.45) is 0 Å². The van der Waals surface area contributed by atoms with Crippen molar-refractivity contribution in [2.45, 2.75) is 13.8 Å². The van der Waals surface area contributed by atoms with E-state index in [4.69, 9.17) is 0 Å². The van der Waals surface area contributed by atoms with E-state index < -0.39 is 0 Å². The van der Waals surface area contributed by atoms with E-state index in [1.807, 2.05) is 0 Å². The van der Waals surface area contributed by atoms with Crippen LogP contribution in [-0.2, 0) is 0 Å². The van der Waals surface area contributed by atoms with Crippen LogP contribution >= 0.6 is 0 Å². The molecule has 0 heteroatoms. The fourth-order valence-electron chi connectivity index (χ4n) is 6.75. The molecule has 8 aromatic rings. The number of fused-ring (bicyclic) bond motifs is 7. The van der Waals surface area contributed by atoms with Crippen LogP contribution in [-0.4, -0.2) is 0 Å². The van der Waals surface area contributed by atoms with Crippen molar-refractivity contribution in [1.29, 1.82) is 0 Å². The number of benzene rings is 8. The van der Waals surface area contributed by atoms with Gasteiger partial charge in [-0.25, -0.2) is 0 Å². The Morgan fingerprint density at radius 3 is 1.02 bits per heavy atom. The molecule has 0 aliphatic heterocycles. The zero-order chi connectivity index (χ0) is 26.8. The zero-order valence-electron chi connectivity index (χ0n) is 22.7. The molecular formula is C40H28. The lowest BCUT2D eigenvalue weighted by Gasteiger charge is -2.18. The summed E-state index contributed by atoms with van der Waals surface area (Å²) in [6, 6.07) is 49.5. The Balaban J connectivity index is 1.51. The summed E-state index contributed by atoms with van der Waals surface area (Å²) in [6.07, 6.45) is 0. The van der Waals surface area contributed by atoms with E-state index >= 15 is 0 Å². The second kappa shape index (κ2) is 8.79. The predicted molar refractivity (Wildman–Crippen MR) is 174 cm³/mol. The van der Waals surface area contributed by atoms with Crippen LogP contribution in [0.1, 0.15) is 11.1 Å². The molecule has 0 nitrogen and oxygen atoms in total. The Hall–Kier alpha value is -4.94. The van der Waals surface area contributed by atoms with Gasteiger partial charge in [-0.3, -0.25) is 0 Å². The van der Waals surface area contributed by atoms with E-state index in [1.54, 1.807) is 0 Å². The highest BCUT2D eigenvalue weighted by Crippen LogP contribution is 2.43. The average molecular weight is 509 g/mol. The molecule has 0 fully saturated rings. The topological polar surface area (TPSA) is 0 Å². The molecule has 0 amide bonds. The summed E-state index contributed by atoms with van der Waals surface area (Å²) >= 11 is 0. The van der Waals surface area contributed by atoms with Crippen LogP contribution < -0.4 is 0 Å². The van der Waals surface area contributed by atoms with Crippen LogP contribution in [0.5, 0.6) is 0 Å². The highest BCUT2D eigenvalue weighted by Gasteiger charge is 2.16. The summed E-state index contributed by atoms with van der Waals surface area (Å²) in [6.45, 7) is 4.46. The molecule has 188 valence electrons. The third kappa shape index (κ3) is 3.46. The first-order chi connectivity index (χ1) is 19.7. The van der Waals surface area contributed by atoms with E-state index in [-0.39, 0.29) is 0 Å². The lowest BCUT2D eigenvalue weighted by Crippen LogP contribution is -1.92. The molecule has 0 aliphatic carbocycles. The number of hydrogen-bond donors (Lipinski definition) is 0. The molecule has 0 unspecified atom stereocenters. The third-order valence-corrected chi connectivity index (χ3v) is 8.47. The number of hydrogen-bond acceptors (Lipinski definition) is 0. The van der Waals surface area contributed by atoms with Crippen molar-refractivity contribution in [1.82, 2.24) is 0 Å². The largest absolute Gasteiger partial charge is 0.0616 e. The van der Waals surface area contributed by atoms with E-state index in [0.717, 1.165) is 0 Å². The molecule has 0 saturated heterocycles. The molecule has 0 aromatic heterocycles. The molecule has 0 N–H and O–H groups in total. The predicted octanol–water partition coefficient (Wildman–Crippen LogP) is 11.4. The summed E-state index contributed by atoms with van der Waals surface area (Å²) < 4.78 is 0. The van der Waals surface area contributed by atoms with Gasteiger partial charge in [0.15, 0.2) is 0 Å². The smallest absolute Gasteiger partial charge is 0.00927 e. The van der Waals surface area contributed by atoms with Crippen molar-refractivity contribution in [3.63, 3.8) is 0 Å². The first-order valence-electron chi connectivity index (χ1n) is 14.0. The number of rotatable bonds is 2. The van der Waals surface area contributed by atoms with E-state index in [0.29, 0.717) is 0 Å². The Morgan fingerprint density at radius 2 is 0.600 bits per heavy atom. The van der Waals surface area contributed by atoms with Gasteiger partial charge < -0.3 is 0 Å². The summed E-state index contributed by atoms with van der Waals surface area (Å²) in [5.41, 5.74) is 7.73. The van der Waals surface area contributed by atoms with Gasteiger partial charge in [0, 0.05) is 0 Å². The second-order valence-electron chi connectivity index (χ2n) is 11.1. The summed E-state index contributed by atoms with van der Waals surface area (Å²) in [5, 5.41) is 13.0. The molecule has 0 aliphatic rings. The van der Waals surface area contributed by atoms with Gasteiger partial charge in [-0.1, -0.05) is 121 Å². The lowest BCUT2D eigenvalue weighted by atomic mass is 9.85. The molecule has 0 heterocycles. The maximum atomic E-state index is 2.39. The Labute approximate surface area is 234 Å². The molecule has 0 spiro atoms. The third-order valence-electron chi connectivity index (χ3n) is 8.47. The lowest BCUT2D eigenvalue weighted by molar-refractivity contribution is 1.47. The zero-order valence-corrected chi connectivity index (χ0v) is 22.7. The molecule has 8 aromatic carbocycles. The maximum Gasteiger partial charge on any atom is -0.00927 e. The molecule has 0 radical (unpaired) electrons. The Morgan fingerprint density at radius 1 is 0.275 bits per heavy atom. The van der Waals surface area contributed by atoms with Crippen molar-refractivity contribution in [2.75, 3.05) is 0 Å². The minimum absolute atomic E-state index is 1.27. The van der Waals surface area contributed by atoms with E-state index in [2.05, 4.69) is 147 Å². The van der Waals surface area contributed by atoms with Gasteiger partial charge in [-0.15, -0.1) is 0 Å². The van der Waals surface area contributed by atoms with Gasteiger partial charge in [0.25, 0.3) is 0 Å². The van der Waals surface area contributed by atoms with Crippen LogP contribution in [0.4, 0.5) is 0 Å². The molecule has 0 bridgehead atoms. The first kappa shape index (κ1) is 23.0. The first-order valence-corrected chi connectivity index (χ1v) is 14.0. The maximum absolute atomic E-state index is 2.39. The van der Waals surface area contributed by atoms with Crippen LogP contribution in [0.3, 0.4) is 0 Å². The highest BCUT2D eigenvalue weighted by molar-refractivity contribution is 6.20. The van der Waals surface area contributed by atoms with Crippen molar-refractivity contribution in [3.05, 3.63) is 145 Å². The SMILES string of the molecule is Cc1cc(-c2cc3ccccc3c3ccccc23)c2cc(C)cc(-c3cc4ccccc4c4ccccc34)c2c1. The molecule has 8 rings (SSSR count). The van der Waals surface area contributed by atoms with Crippen molar-refractivity contribution in [3.8, 4) is 22.3 Å². The van der Waals surface area contributed by atoms with Gasteiger partial charge in [-0.2, -0.15) is 0 Å². The van der Waals surface area contributed by atoms with Gasteiger partial charge in [0.2, 0.25) is 0 Å². The monoisotopic (exact) mass is 508 g/mol. The minimum Gasteiger partial charge on any atom is -0.0616 e. The van der Waals surface area contributed by atoms with Crippen molar-refractivity contribution >= 4 is 53.9 Å². The molecule has 0 atom stereocenters. The van der Waals surface area contributed by atoms with Gasteiger partial charge in [0.05, 0.1) is 0 Å². The van der Waals surface area contributed by atoms with Crippen molar-refractivity contribution < 1.29 is 0 Å². The second-order valence-corrected chi connectivity index (χ2v) is 11.1. The molecule has 0 saturated carbocycles. The summed E-state index contributed by atoms with van der Waals surface area (Å²) in [4.78, 5) is 0. The fraction of sp³-hybridized carbons (Fsp3) is 0.0500. The summed E-state index contributed by atoms with van der Waals surface area (Å²) in [7, 11) is 0. The highest BCUT2D eigenvalue weighted by atomic mass is 14.2. The Kier molecular flexibility index (Phi) is 5.06. The summed E-state index contributed by atoms with van der Waals surface area (Å²) in [5.74, 6) is 0. The number of aryl methyl sites for hydroxylation is 2. The molecule has 40 heavy (non-hydrogen) atoms. The normalized spacial score (nSPS) is 11.8. The van der Waals surface area contributed by atoms with Gasteiger partial charge >= 0.3 is 0 Å². The standard InChI is InChI=1S/C40H28/c1-25-19-35-36(37(21-25)39-23-27-11-3-5-13-29(27)31-15-7-9-17-33(31)39)20-26(2)22-38(35)40-24-28-12-4-6-14-30(28)32-16-8-10-18-34(32)40/h3-24H,1-2H3. The van der Waals surface area contributed by atoms with E-state index in [9.17, 15) is 0 Å². The van der Waals surface area contributed by atoms with Gasteiger partial charge in [-0.05, 0) is 113 Å². The average Bonchev–Trinajstić information content (AvgIpc) is 3.00. The molecular weight excluding hydrogens is 480 g/mol. The fourth-order valence-corrected chi connectivity index (χ4v) is 6.75.